The second kappa shape index (κ2) is 5.62. The predicted molar refractivity (Wildman–Crippen MR) is 63.8 cm³/mol. The van der Waals surface area contributed by atoms with Crippen molar-refractivity contribution in [2.45, 2.75) is 32.0 Å². The number of aliphatic hydroxyl groups is 1. The first-order valence-electron chi connectivity index (χ1n) is 6.07. The third kappa shape index (κ3) is 3.16. The average molecular weight is 286 g/mol. The maximum Gasteiger partial charge on any atom is 0.416 e. The molecule has 108 valence electrons. The minimum atomic E-state index is -4.51. The molecule has 0 aliphatic heterocycles. The second-order valence-electron chi connectivity index (χ2n) is 4.25. The highest BCUT2D eigenvalue weighted by atomic mass is 19.4. The van der Waals surface area contributed by atoms with Crippen molar-refractivity contribution in [3.8, 4) is 0 Å². The van der Waals surface area contributed by atoms with Crippen molar-refractivity contribution in [3.05, 3.63) is 47.2 Å². The molecule has 0 fully saturated rings. The number of rotatable bonds is 4. The third-order valence-corrected chi connectivity index (χ3v) is 2.80. The summed E-state index contributed by atoms with van der Waals surface area (Å²) in [7, 11) is 0. The van der Waals surface area contributed by atoms with Gasteiger partial charge in [-0.2, -0.15) is 13.2 Å². The van der Waals surface area contributed by atoms with Crippen molar-refractivity contribution in [2.75, 3.05) is 0 Å². The number of halogens is 3. The van der Waals surface area contributed by atoms with Crippen molar-refractivity contribution >= 4 is 0 Å². The molecule has 4 nitrogen and oxygen atoms in total. The Hall–Kier alpha value is -1.89. The summed E-state index contributed by atoms with van der Waals surface area (Å²) < 4.78 is 43.7. The van der Waals surface area contributed by atoms with Gasteiger partial charge in [-0.25, -0.2) is 0 Å². The van der Waals surface area contributed by atoms with E-state index in [2.05, 4.69) is 10.2 Å². The van der Waals surface area contributed by atoms with Crippen LogP contribution in [0.3, 0.4) is 0 Å². The molecule has 0 radical (unpaired) electrons. The van der Waals surface area contributed by atoms with Crippen LogP contribution >= 0.6 is 0 Å². The van der Waals surface area contributed by atoms with Gasteiger partial charge in [-0.15, -0.1) is 10.2 Å². The molecule has 1 aromatic carbocycles. The highest BCUT2D eigenvalue weighted by Crippen LogP contribution is 2.35. The number of aromatic nitrogens is 2. The Morgan fingerprint density at radius 2 is 1.85 bits per heavy atom. The summed E-state index contributed by atoms with van der Waals surface area (Å²) in [6, 6.07) is 4.90. The van der Waals surface area contributed by atoms with Gasteiger partial charge in [0.1, 0.15) is 0 Å². The second-order valence-corrected chi connectivity index (χ2v) is 4.25. The lowest BCUT2D eigenvalue weighted by Gasteiger charge is -2.16. The van der Waals surface area contributed by atoms with Gasteiger partial charge in [0.05, 0.1) is 18.1 Å². The van der Waals surface area contributed by atoms with Crippen LogP contribution in [-0.4, -0.2) is 15.3 Å². The Kier molecular flexibility index (Phi) is 4.08. The zero-order valence-electron chi connectivity index (χ0n) is 10.7. The van der Waals surface area contributed by atoms with Gasteiger partial charge in [-0.05, 0) is 11.6 Å². The van der Waals surface area contributed by atoms with Gasteiger partial charge in [-0.1, -0.05) is 25.1 Å². The maximum atomic E-state index is 12.8. The molecule has 0 saturated carbocycles. The summed E-state index contributed by atoms with van der Waals surface area (Å²) in [6.07, 6.45) is -5.48. The van der Waals surface area contributed by atoms with Gasteiger partial charge in [0.2, 0.25) is 11.8 Å². The van der Waals surface area contributed by atoms with Gasteiger partial charge < -0.3 is 9.52 Å². The summed E-state index contributed by atoms with van der Waals surface area (Å²) in [5.74, 6) is 0.502. The van der Waals surface area contributed by atoms with Crippen LogP contribution in [0.4, 0.5) is 13.2 Å². The summed E-state index contributed by atoms with van der Waals surface area (Å²) in [5.41, 5.74) is -1.06. The molecular formula is C13H13F3N2O2. The molecule has 0 amide bonds. The number of hydrogen-bond donors (Lipinski definition) is 1. The number of benzene rings is 1. The first kappa shape index (κ1) is 14.5. The number of alkyl halides is 3. The smallest absolute Gasteiger partial charge is 0.416 e. The van der Waals surface area contributed by atoms with E-state index >= 15 is 0 Å². The van der Waals surface area contributed by atoms with E-state index in [0.717, 1.165) is 6.07 Å². The highest BCUT2D eigenvalue weighted by molar-refractivity contribution is 5.31. The van der Waals surface area contributed by atoms with Crippen LogP contribution in [0.1, 0.15) is 35.9 Å². The lowest BCUT2D eigenvalue weighted by Crippen LogP contribution is -2.13. The van der Waals surface area contributed by atoms with Crippen molar-refractivity contribution in [2.24, 2.45) is 0 Å². The average Bonchev–Trinajstić information content (AvgIpc) is 2.85. The van der Waals surface area contributed by atoms with Crippen LogP contribution < -0.4 is 0 Å². The van der Waals surface area contributed by atoms with E-state index in [0.29, 0.717) is 12.3 Å². The van der Waals surface area contributed by atoms with Crippen LogP contribution in [0.2, 0.25) is 0 Å². The fourth-order valence-electron chi connectivity index (χ4n) is 1.83. The van der Waals surface area contributed by atoms with E-state index in [4.69, 9.17) is 4.42 Å². The fourth-order valence-corrected chi connectivity index (χ4v) is 1.83. The molecule has 0 aliphatic carbocycles. The first-order chi connectivity index (χ1) is 9.41. The van der Waals surface area contributed by atoms with E-state index in [1.54, 1.807) is 0 Å². The van der Waals surface area contributed by atoms with Crippen LogP contribution in [0, 0.1) is 0 Å². The van der Waals surface area contributed by atoms with Crippen molar-refractivity contribution in [1.29, 1.82) is 0 Å². The molecule has 2 rings (SSSR count). The SMILES string of the molecule is CCc1nnc(CC(O)c2ccccc2C(F)(F)F)o1. The zero-order chi connectivity index (χ0) is 14.8. The van der Waals surface area contributed by atoms with Crippen molar-refractivity contribution < 1.29 is 22.7 Å². The Morgan fingerprint density at radius 3 is 2.45 bits per heavy atom. The maximum absolute atomic E-state index is 12.8. The molecule has 1 heterocycles. The number of aliphatic hydroxyl groups excluding tert-OH is 1. The molecule has 2 aromatic rings. The lowest BCUT2D eigenvalue weighted by atomic mass is 10.00. The van der Waals surface area contributed by atoms with E-state index in [9.17, 15) is 18.3 Å². The molecule has 1 N–H and O–H groups in total. The van der Waals surface area contributed by atoms with Crippen LogP contribution in [0.15, 0.2) is 28.7 Å². The number of hydrogen-bond acceptors (Lipinski definition) is 4. The third-order valence-electron chi connectivity index (χ3n) is 2.80. The molecule has 1 atom stereocenters. The van der Waals surface area contributed by atoms with Gasteiger partial charge in [-0.3, -0.25) is 0 Å². The molecule has 0 spiro atoms. The minimum Gasteiger partial charge on any atom is -0.425 e. The zero-order valence-corrected chi connectivity index (χ0v) is 10.7. The van der Waals surface area contributed by atoms with E-state index in [1.165, 1.54) is 18.2 Å². The molecular weight excluding hydrogens is 273 g/mol. The monoisotopic (exact) mass is 286 g/mol. The van der Waals surface area contributed by atoms with Crippen LogP contribution in [-0.2, 0) is 19.0 Å². The standard InChI is InChI=1S/C13H13F3N2O2/c1-2-11-17-18-12(20-11)7-10(19)8-5-3-4-6-9(8)13(14,15)16/h3-6,10,19H,2,7H2,1H3. The number of aryl methyl sites for hydroxylation is 1. The summed E-state index contributed by atoms with van der Waals surface area (Å²) in [6.45, 7) is 1.81. The number of nitrogens with zero attached hydrogens (tertiary/aromatic N) is 2. The molecule has 0 saturated heterocycles. The summed E-state index contributed by atoms with van der Waals surface area (Å²) in [4.78, 5) is 0. The van der Waals surface area contributed by atoms with Gasteiger partial charge in [0, 0.05) is 6.42 Å². The van der Waals surface area contributed by atoms with Crippen molar-refractivity contribution in [3.63, 3.8) is 0 Å². The predicted octanol–water partition coefficient (Wildman–Crippen LogP) is 2.93. The van der Waals surface area contributed by atoms with Gasteiger partial charge >= 0.3 is 6.18 Å². The molecule has 1 aromatic heterocycles. The summed E-state index contributed by atoms with van der Waals surface area (Å²) >= 11 is 0. The lowest BCUT2D eigenvalue weighted by molar-refractivity contribution is -0.139. The first-order valence-corrected chi connectivity index (χ1v) is 6.07. The minimum absolute atomic E-state index is 0.117. The Bertz CT molecular complexity index is 581. The topological polar surface area (TPSA) is 59.2 Å². The van der Waals surface area contributed by atoms with Crippen LogP contribution in [0.5, 0.6) is 0 Å². The normalized spacial score (nSPS) is 13.4. The Morgan fingerprint density at radius 1 is 1.20 bits per heavy atom. The molecule has 20 heavy (non-hydrogen) atoms. The fraction of sp³-hybridized carbons (Fsp3) is 0.385. The van der Waals surface area contributed by atoms with E-state index < -0.39 is 17.8 Å². The van der Waals surface area contributed by atoms with Gasteiger partial charge in [0.25, 0.3) is 0 Å². The van der Waals surface area contributed by atoms with Crippen molar-refractivity contribution in [1.82, 2.24) is 10.2 Å². The summed E-state index contributed by atoms with van der Waals surface area (Å²) in [5, 5.41) is 17.4. The molecule has 7 heteroatoms. The van der Waals surface area contributed by atoms with E-state index in [-0.39, 0.29) is 17.9 Å². The van der Waals surface area contributed by atoms with Gasteiger partial charge in [0.15, 0.2) is 0 Å². The largest absolute Gasteiger partial charge is 0.425 e. The molecule has 0 aliphatic rings. The molecule has 1 unspecified atom stereocenters. The Labute approximate surface area is 113 Å². The Balaban J connectivity index is 2.23. The van der Waals surface area contributed by atoms with E-state index in [1.807, 2.05) is 6.92 Å². The highest BCUT2D eigenvalue weighted by Gasteiger charge is 2.34. The quantitative estimate of drug-likeness (QED) is 0.938. The molecule has 0 bridgehead atoms. The van der Waals surface area contributed by atoms with Crippen LogP contribution in [0.25, 0.3) is 0 Å².